The molecule has 0 radical (unpaired) electrons. The van der Waals surface area contributed by atoms with E-state index in [-0.39, 0.29) is 24.0 Å². The van der Waals surface area contributed by atoms with Gasteiger partial charge in [0.25, 0.3) is 5.82 Å². The third-order valence-corrected chi connectivity index (χ3v) is 10.5. The van der Waals surface area contributed by atoms with Crippen LogP contribution in [-0.2, 0) is 6.54 Å². The second-order valence-electron chi connectivity index (χ2n) is 13.8. The normalized spacial score (nSPS) is 13.5. The second kappa shape index (κ2) is 15.7. The number of halogens is 1. The van der Waals surface area contributed by atoms with E-state index in [4.69, 9.17) is 18.8 Å². The molecule has 58 heavy (non-hydrogen) atoms. The summed E-state index contributed by atoms with van der Waals surface area (Å²) in [6, 6.07) is 49.7. The van der Waals surface area contributed by atoms with Crippen molar-refractivity contribution in [3.8, 4) is 28.6 Å². The Morgan fingerprint density at radius 1 is 0.603 bits per heavy atom. The van der Waals surface area contributed by atoms with E-state index in [0.29, 0.717) is 11.8 Å². The molecule has 0 N–H and O–H groups in total. The molecular formula is C49H39IN6O2. The van der Waals surface area contributed by atoms with Crippen LogP contribution in [0.1, 0.15) is 19.7 Å². The number of fused-ring (bicyclic) bond motifs is 4. The average molecular weight is 871 g/mol. The van der Waals surface area contributed by atoms with Crippen molar-refractivity contribution in [1.82, 2.24) is 14.5 Å². The number of aromatic nitrogens is 4. The number of rotatable bonds is 9. The summed E-state index contributed by atoms with van der Waals surface area (Å²) in [4.78, 5) is 14.2. The summed E-state index contributed by atoms with van der Waals surface area (Å²) < 4.78 is 17.0. The molecule has 1 aliphatic heterocycles. The Morgan fingerprint density at radius 2 is 1.21 bits per heavy atom. The molecule has 9 aromatic rings. The first-order chi connectivity index (χ1) is 28.2. The number of benzene rings is 6. The first-order valence-corrected chi connectivity index (χ1v) is 19.4. The molecule has 1 aliphatic rings. The molecule has 9 heteroatoms. The van der Waals surface area contributed by atoms with Gasteiger partial charge in [-0.2, -0.15) is 4.57 Å². The molecule has 3 aromatic heterocycles. The molecule has 4 heterocycles. The number of imidazole rings is 1. The van der Waals surface area contributed by atoms with Gasteiger partial charge in [0.1, 0.15) is 22.5 Å². The number of oxazole rings is 2. The van der Waals surface area contributed by atoms with E-state index in [0.717, 1.165) is 91.8 Å². The largest absolute Gasteiger partial charge is 1.00 e. The molecular weight excluding hydrogens is 831 g/mol. The minimum atomic E-state index is 0. The Balaban J connectivity index is 0.00000436. The summed E-state index contributed by atoms with van der Waals surface area (Å²) in [7, 11) is 0. The third-order valence-electron chi connectivity index (χ3n) is 10.5. The zero-order chi connectivity index (χ0) is 38.3. The molecule has 0 atom stereocenters. The van der Waals surface area contributed by atoms with Gasteiger partial charge in [0, 0.05) is 35.5 Å². The molecule has 284 valence electrons. The predicted molar refractivity (Wildman–Crippen MR) is 229 cm³/mol. The Labute approximate surface area is 353 Å². The Bertz CT molecular complexity index is 2950. The van der Waals surface area contributed by atoms with Crippen molar-refractivity contribution in [2.75, 3.05) is 16.3 Å². The Kier molecular flexibility index (Phi) is 9.97. The topological polar surface area (TPSA) is 67.4 Å². The summed E-state index contributed by atoms with van der Waals surface area (Å²) >= 11 is 0. The second-order valence-corrected chi connectivity index (χ2v) is 13.8. The zero-order valence-corrected chi connectivity index (χ0v) is 34.2. The highest BCUT2D eigenvalue weighted by molar-refractivity contribution is 5.91. The van der Waals surface area contributed by atoms with Gasteiger partial charge in [-0.25, -0.2) is 14.5 Å². The van der Waals surface area contributed by atoms with Crippen LogP contribution in [0, 0.1) is 0 Å². The summed E-state index contributed by atoms with van der Waals surface area (Å²) in [5.41, 5.74) is 11.7. The fourth-order valence-electron chi connectivity index (χ4n) is 7.89. The predicted octanol–water partition coefficient (Wildman–Crippen LogP) is 8.65. The summed E-state index contributed by atoms with van der Waals surface area (Å²) in [6.07, 6.45) is 10.7. The Morgan fingerprint density at radius 3 is 1.84 bits per heavy atom. The standard InChI is InChI=1S/C49H39N6O2.HI/c1-3-52-42-32-34(48-50-38-22-14-16-24-44(38)56-48)28-30-40(42)54(36-18-8-5-9-19-36)46(52)26-12-7-13-27-47-53(4-2)43-33-35(49-51-39-23-15-17-25-45(39)57-49)29-31-41(43)55(47)37-20-10-6-11-21-37;/h5-33H,3-4H2,1-2H3;1H/q+1;/p-1. The smallest absolute Gasteiger partial charge is 0.287 e. The van der Waals surface area contributed by atoms with Gasteiger partial charge in [-0.15, -0.1) is 0 Å². The number of nitrogens with zero attached hydrogens (tertiary/aromatic N) is 6. The van der Waals surface area contributed by atoms with Crippen LogP contribution in [0.3, 0.4) is 0 Å². The van der Waals surface area contributed by atoms with Gasteiger partial charge in [0.05, 0.1) is 17.9 Å². The highest BCUT2D eigenvalue weighted by atomic mass is 127. The number of anilines is 3. The maximum Gasteiger partial charge on any atom is 0.287 e. The van der Waals surface area contributed by atoms with Crippen LogP contribution in [0.4, 0.5) is 17.1 Å². The van der Waals surface area contributed by atoms with E-state index in [1.807, 2.05) is 48.5 Å². The Hall–Kier alpha value is -6.72. The molecule has 6 aromatic carbocycles. The van der Waals surface area contributed by atoms with Crippen LogP contribution in [-0.4, -0.2) is 21.1 Å². The molecule has 0 unspecified atom stereocenters. The van der Waals surface area contributed by atoms with Gasteiger partial charge in [0.2, 0.25) is 11.8 Å². The fraction of sp³-hybridized carbons (Fsp3) is 0.0816. The van der Waals surface area contributed by atoms with Gasteiger partial charge in [-0.1, -0.05) is 78.9 Å². The lowest BCUT2D eigenvalue weighted by Gasteiger charge is -2.24. The number of hydrogen-bond acceptors (Lipinski definition) is 6. The summed E-state index contributed by atoms with van der Waals surface area (Å²) in [5, 5.41) is 0. The first-order valence-electron chi connectivity index (χ1n) is 19.4. The molecule has 8 nitrogen and oxygen atoms in total. The van der Waals surface area contributed by atoms with Gasteiger partial charge < -0.3 is 37.7 Å². The van der Waals surface area contributed by atoms with E-state index in [2.05, 4.69) is 160 Å². The van der Waals surface area contributed by atoms with Crippen LogP contribution < -0.4 is 38.3 Å². The lowest BCUT2D eigenvalue weighted by molar-refractivity contribution is -0.670. The quantitative estimate of drug-likeness (QED) is 0.0823. The molecule has 10 rings (SSSR count). The van der Waals surface area contributed by atoms with E-state index in [1.54, 1.807) is 0 Å². The highest BCUT2D eigenvalue weighted by Gasteiger charge is 2.32. The molecule has 0 saturated heterocycles. The molecule has 0 fully saturated rings. The molecule has 0 saturated carbocycles. The van der Waals surface area contributed by atoms with Crippen molar-refractivity contribution in [2.24, 2.45) is 0 Å². The average Bonchev–Trinajstić information content (AvgIpc) is 4.04. The number of allylic oxidation sites excluding steroid dienone is 4. The number of aryl methyl sites for hydroxylation is 1. The van der Waals surface area contributed by atoms with Gasteiger partial charge in [-0.3, -0.25) is 4.90 Å². The van der Waals surface area contributed by atoms with Crippen LogP contribution in [0.2, 0.25) is 0 Å². The minimum Gasteiger partial charge on any atom is -1.00 e. The van der Waals surface area contributed by atoms with Gasteiger partial charge >= 0.3 is 0 Å². The summed E-state index contributed by atoms with van der Waals surface area (Å²) in [5.74, 6) is 3.35. The van der Waals surface area contributed by atoms with E-state index < -0.39 is 0 Å². The third kappa shape index (κ3) is 6.47. The van der Waals surface area contributed by atoms with Crippen molar-refractivity contribution in [3.05, 3.63) is 182 Å². The van der Waals surface area contributed by atoms with Gasteiger partial charge in [0.15, 0.2) is 22.2 Å². The van der Waals surface area contributed by atoms with Crippen LogP contribution in [0.5, 0.6) is 0 Å². The summed E-state index contributed by atoms with van der Waals surface area (Å²) in [6.45, 7) is 5.93. The van der Waals surface area contributed by atoms with Crippen molar-refractivity contribution in [1.29, 1.82) is 0 Å². The maximum absolute atomic E-state index is 6.17. The van der Waals surface area contributed by atoms with Crippen molar-refractivity contribution in [3.63, 3.8) is 0 Å². The van der Waals surface area contributed by atoms with Gasteiger partial charge in [-0.05, 0) is 98.8 Å². The van der Waals surface area contributed by atoms with E-state index >= 15 is 0 Å². The zero-order valence-electron chi connectivity index (χ0n) is 32.0. The maximum atomic E-state index is 6.17. The van der Waals surface area contributed by atoms with Crippen molar-refractivity contribution >= 4 is 56.4 Å². The SMILES string of the molecule is CCN1\C(=C/C=C/C=C/c2n(-c3ccccc3)c3ccc(-c4nc5ccccc5o4)cc3[n+]2CC)N(c2ccccc2)c2ccc(-c3nc4ccccc4o3)cc21.[I-]. The molecule has 0 aliphatic carbocycles. The van der Waals surface area contributed by atoms with Crippen LogP contribution >= 0.6 is 0 Å². The monoisotopic (exact) mass is 870 g/mol. The van der Waals surface area contributed by atoms with E-state index in [1.165, 1.54) is 0 Å². The van der Waals surface area contributed by atoms with Crippen LogP contribution in [0.25, 0.3) is 67.9 Å². The minimum absolute atomic E-state index is 0. The number of hydrogen-bond donors (Lipinski definition) is 0. The molecule has 0 amide bonds. The first kappa shape index (κ1) is 36.9. The van der Waals surface area contributed by atoms with Crippen molar-refractivity contribution in [2.45, 2.75) is 20.4 Å². The molecule has 0 spiro atoms. The van der Waals surface area contributed by atoms with E-state index in [9.17, 15) is 0 Å². The lowest BCUT2D eigenvalue weighted by Crippen LogP contribution is -3.00. The molecule has 0 bridgehead atoms. The van der Waals surface area contributed by atoms with Crippen molar-refractivity contribution < 1.29 is 37.4 Å². The van der Waals surface area contributed by atoms with Crippen LogP contribution in [0.15, 0.2) is 185 Å². The highest BCUT2D eigenvalue weighted by Crippen LogP contribution is 2.47. The number of para-hydroxylation sites is 6. The lowest BCUT2D eigenvalue weighted by atomic mass is 10.1. The fourth-order valence-corrected chi connectivity index (χ4v) is 7.89.